The van der Waals surface area contributed by atoms with E-state index in [1.165, 1.54) is 28.9 Å². The normalized spacial score (nSPS) is 24.9. The van der Waals surface area contributed by atoms with Crippen LogP contribution in [0, 0.1) is 5.82 Å². The number of hydrogen-bond acceptors (Lipinski definition) is 7. The van der Waals surface area contributed by atoms with Crippen LogP contribution < -0.4 is 4.90 Å². The number of nitrogens with zero attached hydrogens (tertiary/aromatic N) is 5. The Morgan fingerprint density at radius 3 is 2.66 bits per heavy atom. The third-order valence-corrected chi connectivity index (χ3v) is 5.43. The lowest BCUT2D eigenvalue weighted by Crippen LogP contribution is -2.61. The van der Waals surface area contributed by atoms with E-state index in [4.69, 9.17) is 9.47 Å². The molecule has 2 unspecified atom stereocenters. The number of rotatable bonds is 3. The van der Waals surface area contributed by atoms with E-state index in [2.05, 4.69) is 14.8 Å². The molecule has 156 valence electrons. The molecule has 0 radical (unpaired) electrons. The molecule has 0 saturated carbocycles. The van der Waals surface area contributed by atoms with Gasteiger partial charge in [-0.25, -0.2) is 14.2 Å². The van der Waals surface area contributed by atoms with Crippen LogP contribution in [0.4, 0.5) is 14.9 Å². The summed E-state index contributed by atoms with van der Waals surface area (Å²) >= 11 is 0. The first kappa shape index (κ1) is 19.4. The number of carbonyl (C=O) groups is 2. The van der Waals surface area contributed by atoms with Gasteiger partial charge in [-0.05, 0) is 18.2 Å². The van der Waals surface area contributed by atoms with Gasteiger partial charge in [0.2, 0.25) is 12.1 Å². The molecule has 0 N–H and O–H groups in total. The zero-order valence-corrected chi connectivity index (χ0v) is 16.5. The van der Waals surface area contributed by atoms with E-state index in [9.17, 15) is 14.0 Å². The first-order valence-corrected chi connectivity index (χ1v) is 9.61. The van der Waals surface area contributed by atoms with Crippen LogP contribution in [-0.2, 0) is 14.3 Å². The Hall–Kier alpha value is -2.88. The smallest absolute Gasteiger partial charge is 0.417 e. The highest BCUT2D eigenvalue weighted by Crippen LogP contribution is 2.31. The highest BCUT2D eigenvalue weighted by Gasteiger charge is 2.49. The lowest BCUT2D eigenvalue weighted by Gasteiger charge is -2.42. The quantitative estimate of drug-likeness (QED) is 0.744. The average Bonchev–Trinajstić information content (AvgIpc) is 3.35. The van der Waals surface area contributed by atoms with Crippen LogP contribution >= 0.6 is 0 Å². The molecule has 29 heavy (non-hydrogen) atoms. The lowest BCUT2D eigenvalue weighted by atomic mass is 10.2. The Labute approximate surface area is 168 Å². The molecule has 0 bridgehead atoms. The zero-order chi connectivity index (χ0) is 20.5. The lowest BCUT2D eigenvalue weighted by molar-refractivity contribution is -0.138. The molecule has 0 aromatic heterocycles. The fourth-order valence-electron chi connectivity index (χ4n) is 3.84. The number of cyclic esters (lactones) is 1. The summed E-state index contributed by atoms with van der Waals surface area (Å²) in [6.07, 6.45) is -1.97. The molecule has 4 rings (SSSR count). The van der Waals surface area contributed by atoms with E-state index in [1.807, 2.05) is 0 Å². The molecule has 3 aliphatic rings. The fourth-order valence-corrected chi connectivity index (χ4v) is 3.84. The van der Waals surface area contributed by atoms with Crippen molar-refractivity contribution in [2.24, 2.45) is 4.99 Å². The van der Waals surface area contributed by atoms with Crippen molar-refractivity contribution in [3.63, 3.8) is 0 Å². The number of ether oxygens (including phenoxy) is 2. The SMILES string of the molecule is CC(=O)N(C)C1OC(=O)N(c2cccc(F)c2)C1N1CCN(C2=NCCO2)CC1. The second-order valence-corrected chi connectivity index (χ2v) is 7.20. The first-order chi connectivity index (χ1) is 14.0. The molecule has 2 atom stereocenters. The van der Waals surface area contributed by atoms with Gasteiger partial charge < -0.3 is 19.3 Å². The number of amidine groups is 1. The predicted molar refractivity (Wildman–Crippen MR) is 103 cm³/mol. The molecule has 0 aliphatic carbocycles. The minimum atomic E-state index is -0.796. The predicted octanol–water partition coefficient (Wildman–Crippen LogP) is 0.917. The number of benzene rings is 1. The van der Waals surface area contributed by atoms with Gasteiger partial charge in [-0.3, -0.25) is 14.6 Å². The minimum Gasteiger partial charge on any atom is -0.463 e. The van der Waals surface area contributed by atoms with Gasteiger partial charge in [-0.1, -0.05) is 6.07 Å². The van der Waals surface area contributed by atoms with Crippen molar-refractivity contribution in [1.82, 2.24) is 14.7 Å². The number of piperazine rings is 1. The van der Waals surface area contributed by atoms with Crippen molar-refractivity contribution in [2.45, 2.75) is 19.3 Å². The largest absolute Gasteiger partial charge is 0.463 e. The maximum Gasteiger partial charge on any atom is 0.417 e. The molecule has 9 nitrogen and oxygen atoms in total. The Morgan fingerprint density at radius 1 is 1.28 bits per heavy atom. The Morgan fingerprint density at radius 2 is 2.03 bits per heavy atom. The molecule has 0 spiro atoms. The van der Waals surface area contributed by atoms with Gasteiger partial charge in [-0.2, -0.15) is 0 Å². The highest BCUT2D eigenvalue weighted by atomic mass is 19.1. The van der Waals surface area contributed by atoms with E-state index in [0.29, 0.717) is 51.0 Å². The molecule has 2 fully saturated rings. The number of halogens is 1. The van der Waals surface area contributed by atoms with Crippen LogP contribution in [0.15, 0.2) is 29.3 Å². The fraction of sp³-hybridized carbons (Fsp3) is 0.526. The van der Waals surface area contributed by atoms with Gasteiger partial charge in [0.25, 0.3) is 6.02 Å². The Kier molecular flexibility index (Phi) is 5.27. The number of likely N-dealkylation sites (N-methyl/N-ethyl adjacent to an activating group) is 1. The summed E-state index contributed by atoms with van der Waals surface area (Å²) in [5.41, 5.74) is 0.394. The monoisotopic (exact) mass is 405 g/mol. The van der Waals surface area contributed by atoms with Gasteiger partial charge in [0.05, 0.1) is 12.2 Å². The van der Waals surface area contributed by atoms with E-state index in [1.54, 1.807) is 19.2 Å². The maximum absolute atomic E-state index is 13.8. The van der Waals surface area contributed by atoms with E-state index < -0.39 is 24.3 Å². The summed E-state index contributed by atoms with van der Waals surface area (Å²) in [6, 6.07) is 6.47. The number of carbonyl (C=O) groups excluding carboxylic acids is 2. The summed E-state index contributed by atoms with van der Waals surface area (Å²) in [4.78, 5) is 36.0. The zero-order valence-electron chi connectivity index (χ0n) is 16.5. The van der Waals surface area contributed by atoms with E-state index in [-0.39, 0.29) is 5.91 Å². The second kappa shape index (κ2) is 7.86. The molecule has 2 amide bonds. The van der Waals surface area contributed by atoms with Crippen molar-refractivity contribution in [3.05, 3.63) is 30.1 Å². The molecule has 3 aliphatic heterocycles. The molecule has 3 heterocycles. The summed E-state index contributed by atoms with van der Waals surface area (Å²) in [7, 11) is 1.60. The molecule has 1 aromatic carbocycles. The summed E-state index contributed by atoms with van der Waals surface area (Å²) < 4.78 is 24.9. The van der Waals surface area contributed by atoms with Crippen LogP contribution in [0.5, 0.6) is 0 Å². The number of hydrogen-bond donors (Lipinski definition) is 0. The molecule has 10 heteroatoms. The van der Waals surface area contributed by atoms with Crippen LogP contribution in [0.1, 0.15) is 6.92 Å². The standard InChI is InChI=1S/C19H24FN5O4/c1-13(26)22(2)17-16(23-7-9-24(10-8-23)18-21-6-11-28-18)25(19(27)29-17)15-5-3-4-14(20)12-15/h3-5,12,16-17H,6-11H2,1-2H3. The Bertz CT molecular complexity index is 827. The molecular formula is C19H24FN5O4. The van der Waals surface area contributed by atoms with Gasteiger partial charge in [0.15, 0.2) is 6.17 Å². The summed E-state index contributed by atoms with van der Waals surface area (Å²) in [5, 5.41) is 0. The Balaban J connectivity index is 1.59. The summed E-state index contributed by atoms with van der Waals surface area (Å²) in [6.45, 7) is 5.23. The van der Waals surface area contributed by atoms with E-state index >= 15 is 0 Å². The van der Waals surface area contributed by atoms with Gasteiger partial charge in [0.1, 0.15) is 12.4 Å². The topological polar surface area (TPSA) is 77.9 Å². The highest BCUT2D eigenvalue weighted by molar-refractivity contribution is 5.91. The first-order valence-electron chi connectivity index (χ1n) is 9.61. The number of aliphatic imine (C=N–C) groups is 1. The summed E-state index contributed by atoms with van der Waals surface area (Å²) in [5.74, 6) is -0.667. The third-order valence-electron chi connectivity index (χ3n) is 5.43. The van der Waals surface area contributed by atoms with Crippen molar-refractivity contribution in [1.29, 1.82) is 0 Å². The van der Waals surface area contributed by atoms with Crippen LogP contribution in [0.25, 0.3) is 0 Å². The minimum absolute atomic E-state index is 0.221. The second-order valence-electron chi connectivity index (χ2n) is 7.20. The average molecular weight is 405 g/mol. The third kappa shape index (κ3) is 3.71. The van der Waals surface area contributed by atoms with Crippen molar-refractivity contribution in [2.75, 3.05) is 51.3 Å². The molecule has 1 aromatic rings. The van der Waals surface area contributed by atoms with Crippen LogP contribution in [0.3, 0.4) is 0 Å². The number of amides is 2. The van der Waals surface area contributed by atoms with Crippen molar-refractivity contribution in [3.8, 4) is 0 Å². The number of anilines is 1. The van der Waals surface area contributed by atoms with Gasteiger partial charge >= 0.3 is 6.09 Å². The van der Waals surface area contributed by atoms with Crippen molar-refractivity contribution < 1.29 is 23.5 Å². The van der Waals surface area contributed by atoms with Gasteiger partial charge in [0, 0.05) is 40.2 Å². The van der Waals surface area contributed by atoms with Crippen LogP contribution in [-0.4, -0.2) is 91.5 Å². The maximum atomic E-state index is 13.8. The van der Waals surface area contributed by atoms with Crippen LogP contribution in [0.2, 0.25) is 0 Å². The molecular weight excluding hydrogens is 381 g/mol. The van der Waals surface area contributed by atoms with Crippen molar-refractivity contribution >= 4 is 23.7 Å². The molecule has 2 saturated heterocycles. The van der Waals surface area contributed by atoms with Gasteiger partial charge in [-0.15, -0.1) is 0 Å². The van der Waals surface area contributed by atoms with E-state index in [0.717, 1.165) is 0 Å².